The third-order valence-electron chi connectivity index (χ3n) is 8.74. The van der Waals surface area contributed by atoms with Gasteiger partial charge < -0.3 is 9.84 Å². The lowest BCUT2D eigenvalue weighted by Gasteiger charge is -2.49. The van der Waals surface area contributed by atoms with Gasteiger partial charge in [-0.3, -0.25) is 24.5 Å². The molecule has 3 fully saturated rings. The molecule has 2 heterocycles. The van der Waals surface area contributed by atoms with E-state index in [1.807, 2.05) is 12.1 Å². The second-order valence-corrected chi connectivity index (χ2v) is 10.8. The minimum atomic E-state index is -1.19. The van der Waals surface area contributed by atoms with E-state index in [9.17, 15) is 24.3 Å². The molecule has 37 heavy (non-hydrogen) atoms. The molecule has 6 rings (SSSR count). The van der Waals surface area contributed by atoms with Crippen LogP contribution in [0.5, 0.6) is 11.5 Å². The van der Waals surface area contributed by atoms with Crippen molar-refractivity contribution in [3.63, 3.8) is 0 Å². The average molecular weight is 521 g/mol. The number of phenolic OH excluding ortho intramolecular Hbond substituents is 1. The fourth-order valence-electron chi connectivity index (χ4n) is 7.05. The molecule has 0 aromatic heterocycles. The molecule has 2 aliphatic heterocycles. The van der Waals surface area contributed by atoms with Crippen LogP contribution in [0.3, 0.4) is 0 Å². The largest absolute Gasteiger partial charge is 0.503 e. The van der Waals surface area contributed by atoms with E-state index in [4.69, 9.17) is 16.3 Å². The molecule has 9 heteroatoms. The highest BCUT2D eigenvalue weighted by Gasteiger charge is 2.67. The number of ether oxygens (including phenoxy) is 1. The minimum Gasteiger partial charge on any atom is -0.503 e. The Morgan fingerprint density at radius 1 is 1.08 bits per heavy atom. The number of halogens is 1. The van der Waals surface area contributed by atoms with Gasteiger partial charge in [-0.05, 0) is 55.5 Å². The minimum absolute atomic E-state index is 0.0522. The summed E-state index contributed by atoms with van der Waals surface area (Å²) in [5.41, 5.74) is 0.732. The van der Waals surface area contributed by atoms with Crippen LogP contribution in [0.25, 0.3) is 0 Å². The molecular formula is C28H25ClN2O6. The van der Waals surface area contributed by atoms with Gasteiger partial charge in [0.15, 0.2) is 11.5 Å². The molecular weight excluding hydrogens is 496 g/mol. The molecule has 4 aliphatic rings. The van der Waals surface area contributed by atoms with Crippen molar-refractivity contribution in [2.24, 2.45) is 29.1 Å². The number of carbonyl (C=O) groups excluding carboxylic acids is 4. The summed E-state index contributed by atoms with van der Waals surface area (Å²) in [6, 6.07) is 12.0. The first kappa shape index (κ1) is 23.7. The average Bonchev–Trinajstić information content (AvgIpc) is 3.28. The van der Waals surface area contributed by atoms with Crippen LogP contribution in [-0.4, -0.2) is 35.8 Å². The van der Waals surface area contributed by atoms with E-state index < -0.39 is 35.0 Å². The van der Waals surface area contributed by atoms with Gasteiger partial charge in [0.2, 0.25) is 23.6 Å². The standard InChI is InChI=1S/C28H25ClN2O6/c1-28-18(26(35)31(27(28)36)14-6-4-3-5-7-14)12-17-15(8-9-16-21(17)25(34)30-24(16)33)22(28)13-10-19(29)23(32)20(11-13)37-2/h3-8,10-11,16-18,21-22,32H,9,12H2,1-2H3,(H,30,33,34). The number of hydrogen-bond acceptors (Lipinski definition) is 6. The quantitative estimate of drug-likeness (QED) is 0.472. The zero-order valence-corrected chi connectivity index (χ0v) is 21.0. The van der Waals surface area contributed by atoms with Crippen LogP contribution in [0.1, 0.15) is 31.2 Å². The monoisotopic (exact) mass is 520 g/mol. The van der Waals surface area contributed by atoms with E-state index in [2.05, 4.69) is 5.32 Å². The van der Waals surface area contributed by atoms with Crippen LogP contribution in [-0.2, 0) is 19.2 Å². The number of carbonyl (C=O) groups is 4. The molecule has 0 spiro atoms. The van der Waals surface area contributed by atoms with Gasteiger partial charge >= 0.3 is 0 Å². The predicted molar refractivity (Wildman–Crippen MR) is 134 cm³/mol. The first-order valence-electron chi connectivity index (χ1n) is 12.2. The maximum absolute atomic E-state index is 14.2. The lowest BCUT2D eigenvalue weighted by atomic mass is 9.51. The Bertz CT molecular complexity index is 1400. The van der Waals surface area contributed by atoms with Crippen LogP contribution in [0.15, 0.2) is 54.1 Å². The highest BCUT2D eigenvalue weighted by Crippen LogP contribution is 2.63. The Hall–Kier alpha value is -3.65. The van der Waals surface area contributed by atoms with Crippen molar-refractivity contribution in [1.29, 1.82) is 0 Å². The summed E-state index contributed by atoms with van der Waals surface area (Å²) in [4.78, 5) is 54.8. The Morgan fingerprint density at radius 3 is 2.51 bits per heavy atom. The lowest BCUT2D eigenvalue weighted by molar-refractivity contribution is -0.131. The van der Waals surface area contributed by atoms with Gasteiger partial charge in [-0.15, -0.1) is 0 Å². The predicted octanol–water partition coefficient (Wildman–Crippen LogP) is 3.57. The van der Waals surface area contributed by atoms with Gasteiger partial charge in [0, 0.05) is 5.92 Å². The summed E-state index contributed by atoms with van der Waals surface area (Å²) in [6.07, 6.45) is 2.59. The van der Waals surface area contributed by atoms with Gasteiger partial charge in [-0.2, -0.15) is 0 Å². The molecule has 0 bridgehead atoms. The molecule has 6 unspecified atom stereocenters. The van der Waals surface area contributed by atoms with Gasteiger partial charge in [-0.25, -0.2) is 4.90 Å². The molecule has 2 aliphatic carbocycles. The van der Waals surface area contributed by atoms with Crippen LogP contribution in [0.4, 0.5) is 5.69 Å². The van der Waals surface area contributed by atoms with Crippen molar-refractivity contribution in [2.45, 2.75) is 25.7 Å². The number of anilines is 1. The second-order valence-electron chi connectivity index (χ2n) is 10.4. The number of aromatic hydroxyl groups is 1. The summed E-state index contributed by atoms with van der Waals surface area (Å²) in [5, 5.41) is 12.9. The van der Waals surface area contributed by atoms with E-state index >= 15 is 0 Å². The van der Waals surface area contributed by atoms with E-state index in [-0.39, 0.29) is 46.6 Å². The van der Waals surface area contributed by atoms with Gasteiger partial charge in [0.25, 0.3) is 0 Å². The fourth-order valence-corrected chi connectivity index (χ4v) is 7.26. The van der Waals surface area contributed by atoms with E-state index in [0.717, 1.165) is 5.57 Å². The molecule has 2 saturated heterocycles. The number of allylic oxidation sites excluding steroid dienone is 2. The number of fused-ring (bicyclic) bond motifs is 4. The summed E-state index contributed by atoms with van der Waals surface area (Å²) in [5.74, 6) is -4.25. The molecule has 6 atom stereocenters. The van der Waals surface area contributed by atoms with E-state index in [1.54, 1.807) is 43.3 Å². The van der Waals surface area contributed by atoms with Crippen molar-refractivity contribution in [3.05, 3.63) is 64.7 Å². The number of nitrogens with one attached hydrogen (secondary N) is 1. The summed E-state index contributed by atoms with van der Waals surface area (Å²) in [7, 11) is 1.41. The van der Waals surface area contributed by atoms with Crippen LogP contribution < -0.4 is 15.0 Å². The number of benzene rings is 2. The normalized spacial score (nSPS) is 32.5. The molecule has 2 aromatic carbocycles. The van der Waals surface area contributed by atoms with Gasteiger partial charge in [0.05, 0.1) is 41.0 Å². The number of phenols is 1. The van der Waals surface area contributed by atoms with Crippen molar-refractivity contribution in [3.8, 4) is 11.5 Å². The summed E-state index contributed by atoms with van der Waals surface area (Å²) in [6.45, 7) is 1.79. The number of para-hydroxylation sites is 1. The Morgan fingerprint density at radius 2 is 1.81 bits per heavy atom. The number of amides is 4. The van der Waals surface area contributed by atoms with Gasteiger partial charge in [-0.1, -0.05) is 41.4 Å². The molecule has 8 nitrogen and oxygen atoms in total. The first-order valence-corrected chi connectivity index (χ1v) is 12.6. The zero-order valence-electron chi connectivity index (χ0n) is 20.2. The number of methoxy groups -OCH3 is 1. The molecule has 0 radical (unpaired) electrons. The first-order chi connectivity index (χ1) is 17.7. The Balaban J connectivity index is 1.57. The van der Waals surface area contributed by atoms with Gasteiger partial charge in [0.1, 0.15) is 0 Å². The van der Waals surface area contributed by atoms with E-state index in [1.165, 1.54) is 12.0 Å². The maximum atomic E-state index is 14.2. The van der Waals surface area contributed by atoms with Crippen LogP contribution in [0.2, 0.25) is 5.02 Å². The topological polar surface area (TPSA) is 113 Å². The smallest absolute Gasteiger partial charge is 0.241 e. The SMILES string of the molecule is COc1cc(C2C3=CCC4C(=O)NC(=O)C4C3CC3C(=O)N(c4ccccc4)C(=O)C32C)cc(Cl)c1O. The highest BCUT2D eigenvalue weighted by atomic mass is 35.5. The van der Waals surface area contributed by atoms with Crippen LogP contribution in [0, 0.1) is 29.1 Å². The van der Waals surface area contributed by atoms with Crippen molar-refractivity contribution in [1.82, 2.24) is 5.32 Å². The molecule has 4 amide bonds. The maximum Gasteiger partial charge on any atom is 0.241 e. The molecule has 1 saturated carbocycles. The molecule has 190 valence electrons. The Kier molecular flexibility index (Phi) is 5.25. The lowest BCUT2D eigenvalue weighted by Crippen LogP contribution is -2.48. The summed E-state index contributed by atoms with van der Waals surface area (Å²) < 4.78 is 5.35. The fraction of sp³-hybridized carbons (Fsp3) is 0.357. The second kappa shape index (κ2) is 8.18. The van der Waals surface area contributed by atoms with Crippen molar-refractivity contribution >= 4 is 40.9 Å². The van der Waals surface area contributed by atoms with Crippen molar-refractivity contribution < 1.29 is 29.0 Å². The number of nitrogens with zero attached hydrogens (tertiary/aromatic N) is 1. The highest BCUT2D eigenvalue weighted by molar-refractivity contribution is 6.32. The zero-order chi connectivity index (χ0) is 26.2. The number of rotatable bonds is 3. The molecule has 2 aromatic rings. The van der Waals surface area contributed by atoms with Crippen LogP contribution >= 0.6 is 11.6 Å². The van der Waals surface area contributed by atoms with Crippen molar-refractivity contribution in [2.75, 3.05) is 12.0 Å². The third kappa shape index (κ3) is 3.14. The number of imide groups is 2. The summed E-state index contributed by atoms with van der Waals surface area (Å²) >= 11 is 6.38. The number of hydrogen-bond donors (Lipinski definition) is 2. The Labute approximate surface area is 218 Å². The third-order valence-corrected chi connectivity index (χ3v) is 9.02. The van der Waals surface area contributed by atoms with E-state index in [0.29, 0.717) is 17.7 Å². The molecule has 2 N–H and O–H groups in total.